The van der Waals surface area contributed by atoms with Crippen molar-refractivity contribution in [3.05, 3.63) is 0 Å². The highest BCUT2D eigenvalue weighted by molar-refractivity contribution is 5.84. The number of carbonyl (C=O) groups excluding carboxylic acids is 1. The maximum Gasteiger partial charge on any atom is 0.240 e. The number of rotatable bonds is 1. The van der Waals surface area contributed by atoms with Crippen LogP contribution in [0.1, 0.15) is 47.0 Å². The third-order valence-electron chi connectivity index (χ3n) is 4.08. The summed E-state index contributed by atoms with van der Waals surface area (Å²) in [5.41, 5.74) is 0. The molecule has 1 heterocycles. The lowest BCUT2D eigenvalue weighted by molar-refractivity contribution is -0.133. The lowest BCUT2D eigenvalue weighted by Crippen LogP contribution is -2.46. The van der Waals surface area contributed by atoms with Crippen molar-refractivity contribution in [1.82, 2.24) is 10.2 Å². The quantitative estimate of drug-likeness (QED) is 0.738. The molecule has 2 rings (SSSR count). The zero-order chi connectivity index (χ0) is 11.9. The molecule has 0 aromatic rings. The van der Waals surface area contributed by atoms with Crippen molar-refractivity contribution >= 4 is 5.91 Å². The van der Waals surface area contributed by atoms with Crippen LogP contribution in [-0.4, -0.2) is 29.1 Å². The van der Waals surface area contributed by atoms with E-state index in [1.165, 1.54) is 19.3 Å². The number of hydrogen-bond acceptors (Lipinski definition) is 2. The first-order valence-corrected chi connectivity index (χ1v) is 6.57. The van der Waals surface area contributed by atoms with Crippen molar-refractivity contribution in [3.63, 3.8) is 0 Å². The second-order valence-electron chi connectivity index (χ2n) is 5.88. The maximum atomic E-state index is 12.1. The first-order chi connectivity index (χ1) is 7.49. The molecule has 1 amide bonds. The van der Waals surface area contributed by atoms with Gasteiger partial charge in [0.1, 0.15) is 0 Å². The molecule has 1 N–H and O–H groups in total. The van der Waals surface area contributed by atoms with Crippen molar-refractivity contribution in [2.45, 2.75) is 65.2 Å². The lowest BCUT2D eigenvalue weighted by Gasteiger charge is -2.39. The minimum atomic E-state index is 0.00235. The van der Waals surface area contributed by atoms with E-state index < -0.39 is 0 Å². The molecule has 0 spiro atoms. The van der Waals surface area contributed by atoms with Crippen molar-refractivity contribution in [1.29, 1.82) is 0 Å². The van der Waals surface area contributed by atoms with Crippen LogP contribution < -0.4 is 5.32 Å². The van der Waals surface area contributed by atoms with E-state index in [1.54, 1.807) is 0 Å². The zero-order valence-electron chi connectivity index (χ0n) is 10.9. The second-order valence-corrected chi connectivity index (χ2v) is 5.88. The zero-order valence-corrected chi connectivity index (χ0v) is 10.9. The number of amides is 1. The largest absolute Gasteiger partial charge is 0.323 e. The smallest absolute Gasteiger partial charge is 0.240 e. The fourth-order valence-electron chi connectivity index (χ4n) is 3.56. The van der Waals surface area contributed by atoms with Crippen LogP contribution in [0.5, 0.6) is 0 Å². The standard InChI is InChI=1S/C13H24N2O/c1-8-5-9(2)7-12(6-8)15-11(4)14-10(3)13(15)16/h8-12,14H,5-7H2,1-4H3. The van der Waals surface area contributed by atoms with Crippen molar-refractivity contribution < 1.29 is 4.79 Å². The maximum absolute atomic E-state index is 12.1. The Hall–Kier alpha value is -0.570. The highest BCUT2D eigenvalue weighted by atomic mass is 16.2. The van der Waals surface area contributed by atoms with E-state index in [4.69, 9.17) is 0 Å². The number of nitrogens with zero attached hydrogens (tertiary/aromatic N) is 1. The van der Waals surface area contributed by atoms with Gasteiger partial charge in [0.25, 0.3) is 0 Å². The SMILES string of the molecule is CC1CC(C)CC(N2C(=O)C(C)NC2C)C1. The molecule has 1 saturated heterocycles. The molecule has 3 nitrogen and oxygen atoms in total. The monoisotopic (exact) mass is 224 g/mol. The van der Waals surface area contributed by atoms with E-state index in [2.05, 4.69) is 31.0 Å². The van der Waals surface area contributed by atoms with E-state index >= 15 is 0 Å². The highest BCUT2D eigenvalue weighted by Gasteiger charge is 2.40. The number of nitrogens with one attached hydrogen (secondary N) is 1. The first-order valence-electron chi connectivity index (χ1n) is 6.57. The number of carbonyl (C=O) groups is 1. The fraction of sp³-hybridized carbons (Fsp3) is 0.923. The molecule has 1 aliphatic heterocycles. The van der Waals surface area contributed by atoms with E-state index in [1.807, 2.05) is 6.92 Å². The van der Waals surface area contributed by atoms with Gasteiger partial charge < -0.3 is 4.90 Å². The first kappa shape index (κ1) is 11.9. The molecule has 16 heavy (non-hydrogen) atoms. The molecular formula is C13H24N2O. The molecule has 0 aromatic heterocycles. The van der Waals surface area contributed by atoms with Crippen molar-refractivity contribution in [3.8, 4) is 0 Å². The predicted molar refractivity (Wildman–Crippen MR) is 64.9 cm³/mol. The van der Waals surface area contributed by atoms with Crippen LogP contribution >= 0.6 is 0 Å². The number of hydrogen-bond donors (Lipinski definition) is 1. The van der Waals surface area contributed by atoms with E-state index in [9.17, 15) is 4.79 Å². The van der Waals surface area contributed by atoms with Gasteiger partial charge in [0.15, 0.2) is 0 Å². The van der Waals surface area contributed by atoms with Gasteiger partial charge in [-0.15, -0.1) is 0 Å². The van der Waals surface area contributed by atoms with Gasteiger partial charge in [-0.1, -0.05) is 13.8 Å². The third kappa shape index (κ3) is 2.10. The second kappa shape index (κ2) is 4.36. The Kier molecular flexibility index (Phi) is 3.24. The van der Waals surface area contributed by atoms with Crippen LogP contribution in [0.2, 0.25) is 0 Å². The lowest BCUT2D eigenvalue weighted by atomic mass is 9.79. The van der Waals surface area contributed by atoms with E-state index in [0.29, 0.717) is 11.9 Å². The fourth-order valence-corrected chi connectivity index (χ4v) is 3.56. The summed E-state index contributed by atoms with van der Waals surface area (Å²) < 4.78 is 0. The van der Waals surface area contributed by atoms with Crippen LogP contribution in [0.3, 0.4) is 0 Å². The Balaban J connectivity index is 2.09. The molecule has 92 valence electrons. The van der Waals surface area contributed by atoms with Gasteiger partial charge in [0, 0.05) is 6.04 Å². The molecule has 0 aromatic carbocycles. The Labute approximate surface area is 98.6 Å². The van der Waals surface area contributed by atoms with Crippen molar-refractivity contribution in [2.24, 2.45) is 11.8 Å². The summed E-state index contributed by atoms with van der Waals surface area (Å²) in [5.74, 6) is 1.80. The average Bonchev–Trinajstić information content (AvgIpc) is 2.39. The van der Waals surface area contributed by atoms with E-state index in [-0.39, 0.29) is 12.2 Å². The summed E-state index contributed by atoms with van der Waals surface area (Å²) in [6, 6.07) is 0.459. The molecule has 1 aliphatic carbocycles. The summed E-state index contributed by atoms with van der Waals surface area (Å²) in [6.45, 7) is 8.69. The van der Waals surface area contributed by atoms with Gasteiger partial charge in [0.2, 0.25) is 5.91 Å². The highest BCUT2D eigenvalue weighted by Crippen LogP contribution is 2.33. The molecule has 2 aliphatic rings. The van der Waals surface area contributed by atoms with Crippen LogP contribution in [-0.2, 0) is 4.79 Å². The van der Waals surface area contributed by atoms with Crippen LogP contribution in [0, 0.1) is 11.8 Å². The Morgan fingerprint density at radius 2 is 1.62 bits per heavy atom. The topological polar surface area (TPSA) is 32.3 Å². The van der Waals surface area contributed by atoms with Crippen LogP contribution in [0.25, 0.3) is 0 Å². The van der Waals surface area contributed by atoms with Gasteiger partial charge in [-0.2, -0.15) is 0 Å². The summed E-state index contributed by atoms with van der Waals surface area (Å²) in [7, 11) is 0. The average molecular weight is 224 g/mol. The molecule has 3 heteroatoms. The van der Waals surface area contributed by atoms with Crippen molar-refractivity contribution in [2.75, 3.05) is 0 Å². The van der Waals surface area contributed by atoms with Gasteiger partial charge >= 0.3 is 0 Å². The predicted octanol–water partition coefficient (Wildman–Crippen LogP) is 1.98. The third-order valence-corrected chi connectivity index (χ3v) is 4.08. The normalized spacial score (nSPS) is 45.1. The molecular weight excluding hydrogens is 200 g/mol. The Bertz CT molecular complexity index is 269. The van der Waals surface area contributed by atoms with Crippen LogP contribution in [0.15, 0.2) is 0 Å². The van der Waals surface area contributed by atoms with Gasteiger partial charge in [-0.05, 0) is 44.9 Å². The summed E-state index contributed by atoms with van der Waals surface area (Å²) in [5, 5.41) is 3.32. The summed E-state index contributed by atoms with van der Waals surface area (Å²) >= 11 is 0. The van der Waals surface area contributed by atoms with Gasteiger partial charge in [0.05, 0.1) is 12.2 Å². The molecule has 2 fully saturated rings. The van der Waals surface area contributed by atoms with E-state index in [0.717, 1.165) is 11.8 Å². The minimum absolute atomic E-state index is 0.00235. The minimum Gasteiger partial charge on any atom is -0.323 e. The van der Waals surface area contributed by atoms with Gasteiger partial charge in [-0.3, -0.25) is 10.1 Å². The Morgan fingerprint density at radius 1 is 1.06 bits per heavy atom. The van der Waals surface area contributed by atoms with Gasteiger partial charge in [-0.25, -0.2) is 0 Å². The summed E-state index contributed by atoms with van der Waals surface area (Å²) in [4.78, 5) is 14.2. The molecule has 0 radical (unpaired) electrons. The summed E-state index contributed by atoms with van der Waals surface area (Å²) in [6.07, 6.45) is 3.88. The molecule has 1 saturated carbocycles. The van der Waals surface area contributed by atoms with Crippen LogP contribution in [0.4, 0.5) is 0 Å². The molecule has 4 atom stereocenters. The Morgan fingerprint density at radius 3 is 2.06 bits per heavy atom. The molecule has 4 unspecified atom stereocenters. The molecule has 0 bridgehead atoms.